The van der Waals surface area contributed by atoms with Crippen LogP contribution in [0, 0.1) is 0 Å². The molecule has 0 aliphatic rings. The van der Waals surface area contributed by atoms with Crippen LogP contribution in [0.4, 0.5) is 0 Å². The largest absolute Gasteiger partial charge is 0.462 e. The molecule has 0 aromatic heterocycles. The summed E-state index contributed by atoms with van der Waals surface area (Å²) in [5.74, 6) is -0.997. The van der Waals surface area contributed by atoms with Crippen LogP contribution in [-0.4, -0.2) is 37.2 Å². The van der Waals surface area contributed by atoms with E-state index in [4.69, 9.17) is 14.2 Å². The molecule has 0 aromatic carbocycles. The molecule has 0 heterocycles. The van der Waals surface area contributed by atoms with Gasteiger partial charge >= 0.3 is 17.9 Å². The Morgan fingerprint density at radius 2 is 0.536 bits per heavy atom. The molecule has 0 aliphatic carbocycles. The Morgan fingerprint density at radius 1 is 0.290 bits per heavy atom. The van der Waals surface area contributed by atoms with Gasteiger partial charge in [0.1, 0.15) is 13.2 Å². The topological polar surface area (TPSA) is 78.9 Å². The van der Waals surface area contributed by atoms with Gasteiger partial charge in [-0.25, -0.2) is 0 Å². The normalized spacial score (nSPS) is 12.7. The van der Waals surface area contributed by atoms with Gasteiger partial charge in [-0.15, -0.1) is 0 Å². The first-order chi connectivity index (χ1) is 34.0. The third kappa shape index (κ3) is 55.4. The predicted molar refractivity (Wildman–Crippen MR) is 297 cm³/mol. The summed E-state index contributed by atoms with van der Waals surface area (Å²) in [7, 11) is 0. The van der Waals surface area contributed by atoms with E-state index in [9.17, 15) is 14.4 Å². The zero-order chi connectivity index (χ0) is 50.0. The van der Waals surface area contributed by atoms with E-state index in [0.29, 0.717) is 19.3 Å². The first-order valence-corrected chi connectivity index (χ1v) is 29.1. The summed E-state index contributed by atoms with van der Waals surface area (Å²) in [6.45, 7) is 6.52. The SMILES string of the molecule is CCCCC/C=C\C/C=C\C/C=C\C/C=C\CCCC(=O)OC[C@H](COC(=O)CCCCCCCCCCCCCCCCCCCCC)OC(=O)CCCC/C=C\C/C=C\C/C=C\CCCCC. The molecule has 6 nitrogen and oxygen atoms in total. The van der Waals surface area contributed by atoms with Crippen LogP contribution in [0.1, 0.15) is 278 Å². The Balaban J connectivity index is 4.48. The minimum Gasteiger partial charge on any atom is -0.462 e. The lowest BCUT2D eigenvalue weighted by molar-refractivity contribution is -0.167. The average Bonchev–Trinajstić information content (AvgIpc) is 3.35. The van der Waals surface area contributed by atoms with Crippen LogP contribution in [0.15, 0.2) is 85.1 Å². The summed E-state index contributed by atoms with van der Waals surface area (Å²) in [5, 5.41) is 0. The van der Waals surface area contributed by atoms with Crippen molar-refractivity contribution in [2.24, 2.45) is 0 Å². The number of allylic oxidation sites excluding steroid dienone is 14. The van der Waals surface area contributed by atoms with Crippen molar-refractivity contribution in [1.29, 1.82) is 0 Å². The molecule has 0 spiro atoms. The predicted octanol–water partition coefficient (Wildman–Crippen LogP) is 19.5. The van der Waals surface area contributed by atoms with Gasteiger partial charge in [0.25, 0.3) is 0 Å². The molecule has 396 valence electrons. The molecule has 0 rings (SSSR count). The molecule has 69 heavy (non-hydrogen) atoms. The van der Waals surface area contributed by atoms with Crippen molar-refractivity contribution >= 4 is 17.9 Å². The summed E-state index contributed by atoms with van der Waals surface area (Å²) in [4.78, 5) is 38.1. The van der Waals surface area contributed by atoms with E-state index in [-0.39, 0.29) is 44.0 Å². The molecule has 0 unspecified atom stereocenters. The summed E-state index contributed by atoms with van der Waals surface area (Å²) in [6.07, 6.45) is 74.4. The van der Waals surface area contributed by atoms with Gasteiger partial charge in [-0.1, -0.05) is 247 Å². The number of rotatable bonds is 52. The summed E-state index contributed by atoms with van der Waals surface area (Å²) in [6, 6.07) is 0. The highest BCUT2D eigenvalue weighted by Gasteiger charge is 2.19. The maximum absolute atomic E-state index is 12.8. The first kappa shape index (κ1) is 65.6. The number of carbonyl (C=O) groups excluding carboxylic acids is 3. The molecule has 0 saturated carbocycles. The van der Waals surface area contributed by atoms with Gasteiger partial charge in [0, 0.05) is 19.3 Å². The highest BCUT2D eigenvalue weighted by atomic mass is 16.6. The molecule has 0 amide bonds. The third-order valence-electron chi connectivity index (χ3n) is 12.4. The van der Waals surface area contributed by atoms with Crippen molar-refractivity contribution in [3.05, 3.63) is 85.1 Å². The molecule has 0 aromatic rings. The van der Waals surface area contributed by atoms with Gasteiger partial charge in [0.05, 0.1) is 0 Å². The number of unbranched alkanes of at least 4 members (excludes halogenated alkanes) is 27. The average molecular weight is 962 g/mol. The number of carbonyl (C=O) groups is 3. The Hall–Kier alpha value is -3.41. The molecule has 1 atom stereocenters. The van der Waals surface area contributed by atoms with Crippen LogP contribution in [0.3, 0.4) is 0 Å². The van der Waals surface area contributed by atoms with Gasteiger partial charge < -0.3 is 14.2 Å². The number of hydrogen-bond donors (Lipinski definition) is 0. The fraction of sp³-hybridized carbons (Fsp3) is 0.730. The van der Waals surface area contributed by atoms with E-state index in [1.165, 1.54) is 154 Å². The molecule has 0 N–H and O–H groups in total. The first-order valence-electron chi connectivity index (χ1n) is 29.1. The molecule has 0 aliphatic heterocycles. The van der Waals surface area contributed by atoms with E-state index >= 15 is 0 Å². The van der Waals surface area contributed by atoms with Crippen LogP contribution in [0.2, 0.25) is 0 Å². The van der Waals surface area contributed by atoms with E-state index in [0.717, 1.165) is 70.6 Å². The number of hydrogen-bond acceptors (Lipinski definition) is 6. The van der Waals surface area contributed by atoms with E-state index in [1.54, 1.807) is 0 Å². The fourth-order valence-corrected chi connectivity index (χ4v) is 7.97. The Labute approximate surface area is 426 Å². The van der Waals surface area contributed by atoms with Gasteiger partial charge in [0.2, 0.25) is 0 Å². The summed E-state index contributed by atoms with van der Waals surface area (Å²) >= 11 is 0. The number of ether oxygens (including phenoxy) is 3. The van der Waals surface area contributed by atoms with Crippen LogP contribution < -0.4 is 0 Å². The van der Waals surface area contributed by atoms with Crippen molar-refractivity contribution in [1.82, 2.24) is 0 Å². The minimum atomic E-state index is -0.818. The second-order valence-electron chi connectivity index (χ2n) is 19.2. The fourth-order valence-electron chi connectivity index (χ4n) is 7.97. The maximum Gasteiger partial charge on any atom is 0.306 e. The lowest BCUT2D eigenvalue weighted by Gasteiger charge is -2.18. The van der Waals surface area contributed by atoms with E-state index < -0.39 is 6.10 Å². The standard InChI is InChI=1S/C63H108O6/c1-4-7-10-13-16-19-22-25-28-30-31-33-36-38-41-44-47-50-53-56-62(65)68-59-60(69-63(66)57-54-51-48-45-42-39-34-27-24-21-18-15-12-9-6-3)58-67-61(64)55-52-49-46-43-40-37-35-32-29-26-23-20-17-14-11-8-5-2/h17-18,20-21,26-27,29,34-35,37,42-43,45-46,60H,4-16,19,22-25,28,30-33,36,38-41,44,47-59H2,1-3H3/b20-17-,21-18-,29-26-,34-27-,37-35-,45-42-,46-43-/t60-/m1/s1. The molecule has 0 bridgehead atoms. The van der Waals surface area contributed by atoms with Crippen molar-refractivity contribution in [2.75, 3.05) is 13.2 Å². The van der Waals surface area contributed by atoms with Crippen molar-refractivity contribution in [3.8, 4) is 0 Å². The number of esters is 3. The molecule has 0 saturated heterocycles. The van der Waals surface area contributed by atoms with E-state index in [1.807, 2.05) is 0 Å². The maximum atomic E-state index is 12.8. The lowest BCUT2D eigenvalue weighted by Crippen LogP contribution is -2.30. The third-order valence-corrected chi connectivity index (χ3v) is 12.4. The molecular formula is C63H108O6. The van der Waals surface area contributed by atoms with Gasteiger partial charge in [-0.05, 0) is 96.3 Å². The summed E-state index contributed by atoms with van der Waals surface area (Å²) in [5.41, 5.74) is 0. The Morgan fingerprint density at radius 3 is 0.899 bits per heavy atom. The second-order valence-corrected chi connectivity index (χ2v) is 19.2. The molecule has 6 heteroatoms. The highest BCUT2D eigenvalue weighted by molar-refractivity contribution is 5.71. The van der Waals surface area contributed by atoms with Crippen molar-refractivity contribution < 1.29 is 28.6 Å². The molecular weight excluding hydrogens is 853 g/mol. The summed E-state index contributed by atoms with van der Waals surface area (Å²) < 4.78 is 16.8. The van der Waals surface area contributed by atoms with Gasteiger partial charge in [-0.3, -0.25) is 14.4 Å². The van der Waals surface area contributed by atoms with Crippen LogP contribution in [0.25, 0.3) is 0 Å². The second kappa shape index (κ2) is 57.2. The monoisotopic (exact) mass is 961 g/mol. The quantitative estimate of drug-likeness (QED) is 0.0262. The van der Waals surface area contributed by atoms with Crippen LogP contribution in [0.5, 0.6) is 0 Å². The van der Waals surface area contributed by atoms with Gasteiger partial charge in [0.15, 0.2) is 6.10 Å². The van der Waals surface area contributed by atoms with E-state index in [2.05, 4.69) is 106 Å². The van der Waals surface area contributed by atoms with Crippen LogP contribution >= 0.6 is 0 Å². The Kier molecular flexibility index (Phi) is 54.3. The zero-order valence-electron chi connectivity index (χ0n) is 45.3. The Bertz CT molecular complexity index is 1330. The van der Waals surface area contributed by atoms with Crippen molar-refractivity contribution in [3.63, 3.8) is 0 Å². The smallest absolute Gasteiger partial charge is 0.306 e. The molecule has 0 radical (unpaired) electrons. The molecule has 0 fully saturated rings. The van der Waals surface area contributed by atoms with Crippen molar-refractivity contribution in [2.45, 2.75) is 284 Å². The lowest BCUT2D eigenvalue weighted by atomic mass is 10.0. The minimum absolute atomic E-state index is 0.107. The van der Waals surface area contributed by atoms with Gasteiger partial charge in [-0.2, -0.15) is 0 Å². The van der Waals surface area contributed by atoms with Crippen LogP contribution in [-0.2, 0) is 28.6 Å². The zero-order valence-corrected chi connectivity index (χ0v) is 45.3. The highest BCUT2D eigenvalue weighted by Crippen LogP contribution is 2.16.